The highest BCUT2D eigenvalue weighted by atomic mass is 16.5. The van der Waals surface area contributed by atoms with Crippen molar-refractivity contribution in [3.8, 4) is 0 Å². The molecule has 16 heavy (non-hydrogen) atoms. The molecule has 1 aromatic rings. The smallest absolute Gasteiger partial charge is 0.0681 e. The molecule has 0 aliphatic rings. The van der Waals surface area contributed by atoms with Crippen molar-refractivity contribution in [2.75, 3.05) is 31.2 Å². The molecule has 0 atom stereocenters. The number of likely N-dealkylation sites (N-methyl/N-ethyl adjacent to an activating group) is 1. The highest BCUT2D eigenvalue weighted by Gasteiger charge is 2.03. The Morgan fingerprint density at radius 3 is 2.38 bits per heavy atom. The van der Waals surface area contributed by atoms with E-state index < -0.39 is 0 Å². The maximum atomic E-state index is 8.96. The Balaban J connectivity index is 2.56. The third-order valence-electron chi connectivity index (χ3n) is 2.58. The summed E-state index contributed by atoms with van der Waals surface area (Å²) in [4.78, 5) is 2.26. The molecule has 3 heteroatoms. The molecule has 0 radical (unpaired) electrons. The lowest BCUT2D eigenvalue weighted by atomic mass is 10.2. The van der Waals surface area contributed by atoms with Crippen LogP contribution in [-0.4, -0.2) is 31.4 Å². The zero-order valence-electron chi connectivity index (χ0n) is 10.1. The molecule has 90 valence electrons. The number of aliphatic hydroxyl groups excluding tert-OH is 1. The van der Waals surface area contributed by atoms with E-state index in [4.69, 9.17) is 9.84 Å². The molecule has 1 aromatic carbocycles. The molecule has 0 amide bonds. The molecule has 0 saturated carbocycles. The minimum absolute atomic E-state index is 0.103. The van der Waals surface area contributed by atoms with Crippen LogP contribution in [0.4, 0.5) is 5.69 Å². The van der Waals surface area contributed by atoms with Crippen molar-refractivity contribution >= 4 is 5.69 Å². The minimum Gasteiger partial charge on any atom is -0.392 e. The number of aliphatic hydroxyl groups is 1. The van der Waals surface area contributed by atoms with E-state index in [0.29, 0.717) is 0 Å². The zero-order valence-corrected chi connectivity index (χ0v) is 10.1. The lowest BCUT2D eigenvalue weighted by molar-refractivity contribution is 0.154. The molecule has 0 saturated heterocycles. The first-order valence-electron chi connectivity index (χ1n) is 5.84. The topological polar surface area (TPSA) is 32.7 Å². The number of benzene rings is 1. The molecule has 0 aliphatic carbocycles. The fourth-order valence-corrected chi connectivity index (χ4v) is 1.60. The highest BCUT2D eigenvalue weighted by Crippen LogP contribution is 2.14. The molecule has 0 bridgehead atoms. The van der Waals surface area contributed by atoms with Gasteiger partial charge in [-0.25, -0.2) is 0 Å². The van der Waals surface area contributed by atoms with Gasteiger partial charge in [0.2, 0.25) is 0 Å². The maximum Gasteiger partial charge on any atom is 0.0681 e. The van der Waals surface area contributed by atoms with E-state index in [1.54, 1.807) is 0 Å². The van der Waals surface area contributed by atoms with E-state index in [-0.39, 0.29) is 6.61 Å². The summed E-state index contributed by atoms with van der Waals surface area (Å²) in [5.41, 5.74) is 2.13. The molecule has 0 heterocycles. The third-order valence-corrected chi connectivity index (χ3v) is 2.58. The van der Waals surface area contributed by atoms with E-state index in [9.17, 15) is 0 Å². The van der Waals surface area contributed by atoms with Gasteiger partial charge in [-0.1, -0.05) is 12.1 Å². The van der Waals surface area contributed by atoms with E-state index in [1.165, 1.54) is 5.69 Å². The van der Waals surface area contributed by atoms with Crippen molar-refractivity contribution in [1.82, 2.24) is 0 Å². The van der Waals surface area contributed by atoms with E-state index >= 15 is 0 Å². The maximum absolute atomic E-state index is 8.96. The Bertz CT molecular complexity index is 284. The molecule has 0 spiro atoms. The van der Waals surface area contributed by atoms with Crippen LogP contribution in [0.25, 0.3) is 0 Å². The van der Waals surface area contributed by atoms with Crippen molar-refractivity contribution in [2.45, 2.75) is 20.5 Å². The molecule has 1 N–H and O–H groups in total. The molecule has 3 nitrogen and oxygen atoms in total. The van der Waals surface area contributed by atoms with Crippen LogP contribution in [0.1, 0.15) is 19.4 Å². The second kappa shape index (κ2) is 7.25. The van der Waals surface area contributed by atoms with Gasteiger partial charge in [0, 0.05) is 25.4 Å². The number of ether oxygens (including phenoxy) is 1. The van der Waals surface area contributed by atoms with Crippen LogP contribution < -0.4 is 4.90 Å². The van der Waals surface area contributed by atoms with Gasteiger partial charge < -0.3 is 14.7 Å². The fourth-order valence-electron chi connectivity index (χ4n) is 1.60. The minimum atomic E-state index is 0.103. The van der Waals surface area contributed by atoms with Gasteiger partial charge in [0.15, 0.2) is 0 Å². The number of nitrogens with zero attached hydrogens (tertiary/aromatic N) is 1. The van der Waals surface area contributed by atoms with E-state index in [0.717, 1.165) is 31.9 Å². The third kappa shape index (κ3) is 3.83. The van der Waals surface area contributed by atoms with Crippen LogP contribution in [-0.2, 0) is 11.3 Å². The molecule has 0 aliphatic heterocycles. The summed E-state index contributed by atoms with van der Waals surface area (Å²) in [6, 6.07) is 8.00. The Hall–Kier alpha value is -1.06. The van der Waals surface area contributed by atoms with Crippen LogP contribution >= 0.6 is 0 Å². The number of hydrogen-bond acceptors (Lipinski definition) is 3. The predicted molar refractivity (Wildman–Crippen MR) is 66.7 cm³/mol. The average molecular weight is 223 g/mol. The highest BCUT2D eigenvalue weighted by molar-refractivity contribution is 5.47. The molecule has 0 fully saturated rings. The SMILES string of the molecule is CCOCCN(CC)c1ccc(CO)cc1. The Morgan fingerprint density at radius 1 is 1.19 bits per heavy atom. The molecule has 0 aromatic heterocycles. The second-order valence-corrected chi connectivity index (χ2v) is 3.60. The Morgan fingerprint density at radius 2 is 1.88 bits per heavy atom. The number of anilines is 1. The lowest BCUT2D eigenvalue weighted by Crippen LogP contribution is -2.27. The second-order valence-electron chi connectivity index (χ2n) is 3.60. The first-order valence-corrected chi connectivity index (χ1v) is 5.84. The lowest BCUT2D eigenvalue weighted by Gasteiger charge is -2.23. The standard InChI is InChI=1S/C13H21NO2/c1-3-14(9-10-16-4-2)13-7-5-12(11-15)6-8-13/h5-8,15H,3-4,9-11H2,1-2H3. The summed E-state index contributed by atoms with van der Waals surface area (Å²) in [6.07, 6.45) is 0. The van der Waals surface area contributed by atoms with Crippen molar-refractivity contribution in [3.63, 3.8) is 0 Å². The van der Waals surface area contributed by atoms with Gasteiger partial charge in [-0.05, 0) is 31.5 Å². The summed E-state index contributed by atoms with van der Waals surface area (Å²) in [6.45, 7) is 7.63. The van der Waals surface area contributed by atoms with Crippen LogP contribution in [0.5, 0.6) is 0 Å². The monoisotopic (exact) mass is 223 g/mol. The van der Waals surface area contributed by atoms with Crippen LogP contribution in [0.15, 0.2) is 24.3 Å². The molecule has 1 rings (SSSR count). The van der Waals surface area contributed by atoms with E-state index in [2.05, 4.69) is 11.8 Å². The van der Waals surface area contributed by atoms with Gasteiger partial charge in [-0.3, -0.25) is 0 Å². The van der Waals surface area contributed by atoms with Crippen molar-refractivity contribution in [1.29, 1.82) is 0 Å². The fraction of sp³-hybridized carbons (Fsp3) is 0.538. The Labute approximate surface area is 97.7 Å². The summed E-state index contributed by atoms with van der Waals surface area (Å²) in [7, 11) is 0. The first kappa shape index (κ1) is 13.0. The van der Waals surface area contributed by atoms with Gasteiger partial charge in [-0.2, -0.15) is 0 Å². The van der Waals surface area contributed by atoms with Gasteiger partial charge in [0.25, 0.3) is 0 Å². The van der Waals surface area contributed by atoms with Gasteiger partial charge in [0.1, 0.15) is 0 Å². The van der Waals surface area contributed by atoms with Crippen molar-refractivity contribution in [2.24, 2.45) is 0 Å². The number of hydrogen-bond donors (Lipinski definition) is 1. The molecule has 0 unspecified atom stereocenters. The summed E-state index contributed by atoms with van der Waals surface area (Å²) < 4.78 is 5.35. The Kier molecular flexibility index (Phi) is 5.90. The predicted octanol–water partition coefficient (Wildman–Crippen LogP) is 2.04. The number of rotatable bonds is 7. The van der Waals surface area contributed by atoms with Crippen molar-refractivity contribution < 1.29 is 9.84 Å². The van der Waals surface area contributed by atoms with Gasteiger partial charge >= 0.3 is 0 Å². The summed E-state index contributed by atoms with van der Waals surface area (Å²) >= 11 is 0. The van der Waals surface area contributed by atoms with Crippen LogP contribution in [0.2, 0.25) is 0 Å². The molecular formula is C13H21NO2. The van der Waals surface area contributed by atoms with Gasteiger partial charge in [0.05, 0.1) is 13.2 Å². The zero-order chi connectivity index (χ0) is 11.8. The van der Waals surface area contributed by atoms with Crippen molar-refractivity contribution in [3.05, 3.63) is 29.8 Å². The summed E-state index contributed by atoms with van der Waals surface area (Å²) in [5.74, 6) is 0. The average Bonchev–Trinajstić information content (AvgIpc) is 2.35. The quantitative estimate of drug-likeness (QED) is 0.718. The molecular weight excluding hydrogens is 202 g/mol. The largest absolute Gasteiger partial charge is 0.392 e. The van der Waals surface area contributed by atoms with E-state index in [1.807, 2.05) is 31.2 Å². The van der Waals surface area contributed by atoms with Gasteiger partial charge in [-0.15, -0.1) is 0 Å². The van der Waals surface area contributed by atoms with Crippen LogP contribution in [0, 0.1) is 0 Å². The van der Waals surface area contributed by atoms with Crippen LogP contribution in [0.3, 0.4) is 0 Å². The normalized spacial score (nSPS) is 10.4. The first-order chi connectivity index (χ1) is 7.81. The summed E-state index contributed by atoms with van der Waals surface area (Å²) in [5, 5.41) is 8.96.